The van der Waals surface area contributed by atoms with Crippen LogP contribution in [0, 0.1) is 0 Å². The standard InChI is InChI=1S/C45H31N3O3/c1-2-10-26(11-3-1)43-46-44(28-21-23-39-36(24-28)31-13-5-6-18-37(31)49-39)48-45(47-43)35-17-9-16-34-32-22-20-27(25-40(32)51-42(34)35)29-14-8-15-33-30-12-4-7-19-38(30)50-41(29)33/h1-25,43-48H. The van der Waals surface area contributed by atoms with Gasteiger partial charge in [0.05, 0.1) is 18.5 Å². The smallest absolute Gasteiger partial charge is 0.143 e. The zero-order valence-electron chi connectivity index (χ0n) is 27.4. The molecule has 6 heteroatoms. The highest BCUT2D eigenvalue weighted by Gasteiger charge is 2.32. The zero-order chi connectivity index (χ0) is 33.5. The number of nitrogens with one attached hydrogen (secondary N) is 3. The summed E-state index contributed by atoms with van der Waals surface area (Å²) in [5.41, 5.74) is 10.7. The molecule has 11 rings (SSSR count). The molecule has 3 N–H and O–H groups in total. The number of benzene rings is 7. The Bertz CT molecular complexity index is 2940. The average Bonchev–Trinajstić information content (AvgIpc) is 3.88. The Kier molecular flexibility index (Phi) is 6.27. The average molecular weight is 662 g/mol. The van der Waals surface area contributed by atoms with Crippen molar-refractivity contribution in [3.63, 3.8) is 0 Å². The molecule has 3 unspecified atom stereocenters. The first-order chi connectivity index (χ1) is 25.2. The highest BCUT2D eigenvalue weighted by Crippen LogP contribution is 2.40. The van der Waals surface area contributed by atoms with Crippen LogP contribution < -0.4 is 16.0 Å². The summed E-state index contributed by atoms with van der Waals surface area (Å²) in [7, 11) is 0. The van der Waals surface area contributed by atoms with Gasteiger partial charge in [-0.3, -0.25) is 16.0 Å². The molecule has 0 bridgehead atoms. The fourth-order valence-electron chi connectivity index (χ4n) is 7.97. The number of hydrogen-bond acceptors (Lipinski definition) is 6. The molecule has 6 nitrogen and oxygen atoms in total. The molecule has 7 aromatic carbocycles. The first kappa shape index (κ1) is 28.6. The predicted octanol–water partition coefficient (Wildman–Crippen LogP) is 11.2. The van der Waals surface area contributed by atoms with E-state index in [9.17, 15) is 0 Å². The predicted molar refractivity (Wildman–Crippen MR) is 204 cm³/mol. The maximum Gasteiger partial charge on any atom is 0.143 e. The second-order valence-corrected chi connectivity index (χ2v) is 13.4. The molecule has 0 amide bonds. The summed E-state index contributed by atoms with van der Waals surface area (Å²) >= 11 is 0. The van der Waals surface area contributed by atoms with E-state index in [4.69, 9.17) is 13.3 Å². The van der Waals surface area contributed by atoms with Gasteiger partial charge in [-0.05, 0) is 53.1 Å². The van der Waals surface area contributed by atoms with E-state index in [1.165, 1.54) is 0 Å². The van der Waals surface area contributed by atoms with Gasteiger partial charge in [0.15, 0.2) is 0 Å². The first-order valence-corrected chi connectivity index (χ1v) is 17.4. The van der Waals surface area contributed by atoms with Crippen molar-refractivity contribution in [2.75, 3.05) is 0 Å². The summed E-state index contributed by atoms with van der Waals surface area (Å²) in [6.45, 7) is 0. The van der Waals surface area contributed by atoms with Gasteiger partial charge in [-0.1, -0.05) is 115 Å². The Labute approximate surface area is 292 Å². The number of hydrogen-bond donors (Lipinski definition) is 3. The van der Waals surface area contributed by atoms with Crippen molar-refractivity contribution in [3.05, 3.63) is 168 Å². The lowest BCUT2D eigenvalue weighted by molar-refractivity contribution is 0.203. The lowest BCUT2D eigenvalue weighted by atomic mass is 10.00. The van der Waals surface area contributed by atoms with E-state index >= 15 is 0 Å². The third kappa shape index (κ3) is 4.55. The Hall–Kier alpha value is -6.18. The van der Waals surface area contributed by atoms with Gasteiger partial charge >= 0.3 is 0 Å². The van der Waals surface area contributed by atoms with Crippen LogP contribution in [0.2, 0.25) is 0 Å². The quantitative estimate of drug-likeness (QED) is 0.174. The molecule has 51 heavy (non-hydrogen) atoms. The highest BCUT2D eigenvalue weighted by molar-refractivity contribution is 6.11. The van der Waals surface area contributed by atoms with Crippen molar-refractivity contribution in [2.45, 2.75) is 18.5 Å². The molecule has 0 spiro atoms. The van der Waals surface area contributed by atoms with Gasteiger partial charge in [0.25, 0.3) is 0 Å². The summed E-state index contributed by atoms with van der Waals surface area (Å²) in [6.07, 6.45) is -0.490. The molecule has 1 fully saturated rings. The normalized spacial score (nSPS) is 18.2. The molecule has 3 atom stereocenters. The number of para-hydroxylation sites is 4. The molecule has 3 aromatic heterocycles. The molecule has 1 aliphatic rings. The van der Waals surface area contributed by atoms with Gasteiger partial charge in [-0.15, -0.1) is 0 Å². The van der Waals surface area contributed by atoms with E-state index in [1.807, 2.05) is 24.3 Å². The fourth-order valence-corrected chi connectivity index (χ4v) is 7.97. The summed E-state index contributed by atoms with van der Waals surface area (Å²) in [4.78, 5) is 0. The Morgan fingerprint density at radius 3 is 1.80 bits per heavy atom. The lowest BCUT2D eigenvalue weighted by Gasteiger charge is -2.39. The Morgan fingerprint density at radius 1 is 0.353 bits per heavy atom. The molecule has 10 aromatic rings. The molecule has 0 aliphatic carbocycles. The van der Waals surface area contributed by atoms with E-state index < -0.39 is 0 Å². The molecular formula is C45H31N3O3. The minimum Gasteiger partial charge on any atom is -0.456 e. The van der Waals surface area contributed by atoms with Crippen LogP contribution in [0.15, 0.2) is 165 Å². The van der Waals surface area contributed by atoms with Crippen LogP contribution in [0.3, 0.4) is 0 Å². The second kappa shape index (κ2) is 11.2. The highest BCUT2D eigenvalue weighted by atomic mass is 16.3. The summed E-state index contributed by atoms with van der Waals surface area (Å²) in [5.74, 6) is 0. The van der Waals surface area contributed by atoms with Crippen molar-refractivity contribution in [1.29, 1.82) is 0 Å². The minimum absolute atomic E-state index is 0.116. The van der Waals surface area contributed by atoms with Gasteiger partial charge in [0, 0.05) is 43.4 Å². The number of furan rings is 3. The molecule has 0 saturated carbocycles. The SMILES string of the molecule is c1ccc(C2NC(c3ccc4oc5ccccc5c4c3)NC(c3cccc4c3oc3cc(-c5cccc6c5oc5ccccc56)ccc34)N2)cc1. The van der Waals surface area contributed by atoms with Gasteiger partial charge in [-0.2, -0.15) is 0 Å². The van der Waals surface area contributed by atoms with E-state index in [-0.39, 0.29) is 18.5 Å². The molecule has 0 radical (unpaired) electrons. The van der Waals surface area contributed by atoms with Crippen molar-refractivity contribution in [3.8, 4) is 11.1 Å². The van der Waals surface area contributed by atoms with Crippen LogP contribution in [0.25, 0.3) is 76.9 Å². The van der Waals surface area contributed by atoms with Crippen LogP contribution in [0.5, 0.6) is 0 Å². The first-order valence-electron chi connectivity index (χ1n) is 17.4. The largest absolute Gasteiger partial charge is 0.456 e. The van der Waals surface area contributed by atoms with E-state index in [1.54, 1.807) is 0 Å². The van der Waals surface area contributed by atoms with Gasteiger partial charge in [-0.25, -0.2) is 0 Å². The topological polar surface area (TPSA) is 75.5 Å². The van der Waals surface area contributed by atoms with E-state index in [2.05, 4.69) is 143 Å². The molecule has 4 heterocycles. The zero-order valence-corrected chi connectivity index (χ0v) is 27.4. The van der Waals surface area contributed by atoms with E-state index in [0.29, 0.717) is 0 Å². The number of fused-ring (bicyclic) bond motifs is 9. The van der Waals surface area contributed by atoms with Crippen LogP contribution in [-0.4, -0.2) is 0 Å². The van der Waals surface area contributed by atoms with Gasteiger partial charge in [0.1, 0.15) is 33.5 Å². The Balaban J connectivity index is 1.02. The van der Waals surface area contributed by atoms with Crippen molar-refractivity contribution >= 4 is 65.8 Å². The third-order valence-corrected chi connectivity index (χ3v) is 10.4. The maximum absolute atomic E-state index is 6.80. The van der Waals surface area contributed by atoms with Crippen LogP contribution >= 0.6 is 0 Å². The monoisotopic (exact) mass is 661 g/mol. The molecule has 1 aliphatic heterocycles. The van der Waals surface area contributed by atoms with Crippen molar-refractivity contribution in [1.82, 2.24) is 16.0 Å². The summed E-state index contributed by atoms with van der Waals surface area (Å²) in [6, 6.07) is 52.7. The lowest BCUT2D eigenvalue weighted by Crippen LogP contribution is -2.54. The summed E-state index contributed by atoms with van der Waals surface area (Å²) < 4.78 is 19.3. The number of rotatable bonds is 4. The third-order valence-electron chi connectivity index (χ3n) is 10.4. The molecular weight excluding hydrogens is 631 g/mol. The second-order valence-electron chi connectivity index (χ2n) is 13.4. The summed E-state index contributed by atoms with van der Waals surface area (Å²) in [5, 5.41) is 18.1. The van der Waals surface area contributed by atoms with Gasteiger partial charge < -0.3 is 13.3 Å². The maximum atomic E-state index is 6.80. The Morgan fingerprint density at radius 2 is 0.961 bits per heavy atom. The van der Waals surface area contributed by atoms with Crippen LogP contribution in [0.1, 0.15) is 35.2 Å². The molecule has 244 valence electrons. The molecule has 1 saturated heterocycles. The minimum atomic E-state index is -0.216. The van der Waals surface area contributed by atoms with Crippen molar-refractivity contribution < 1.29 is 13.3 Å². The van der Waals surface area contributed by atoms with Crippen LogP contribution in [-0.2, 0) is 0 Å². The van der Waals surface area contributed by atoms with E-state index in [0.717, 1.165) is 93.6 Å². The van der Waals surface area contributed by atoms with Crippen LogP contribution in [0.4, 0.5) is 0 Å². The van der Waals surface area contributed by atoms with Gasteiger partial charge in [0.2, 0.25) is 0 Å². The fraction of sp³-hybridized carbons (Fsp3) is 0.0667. The van der Waals surface area contributed by atoms with Crippen molar-refractivity contribution in [2.24, 2.45) is 0 Å².